The highest BCUT2D eigenvalue weighted by Gasteiger charge is 2.51. The fourth-order valence-corrected chi connectivity index (χ4v) is 5.86. The lowest BCUT2D eigenvalue weighted by molar-refractivity contribution is -0.354. The Kier molecular flexibility index (Phi) is 12.3. The van der Waals surface area contributed by atoms with Crippen LogP contribution >= 0.6 is 0 Å². The zero-order valence-corrected chi connectivity index (χ0v) is 27.0. The number of aliphatic hydroxyl groups excluding tert-OH is 1. The van der Waals surface area contributed by atoms with Gasteiger partial charge < -0.3 is 38.3 Å². The van der Waals surface area contributed by atoms with Gasteiger partial charge in [0, 0.05) is 18.8 Å². The van der Waals surface area contributed by atoms with Crippen LogP contribution < -0.4 is 0 Å². The molecular weight excluding hydrogens is 588 g/mol. The van der Waals surface area contributed by atoms with Gasteiger partial charge in [0.05, 0.1) is 44.7 Å². The monoisotopic (exact) mass is 634 g/mol. The van der Waals surface area contributed by atoms with Crippen molar-refractivity contribution in [1.82, 2.24) is 0 Å². The first-order valence-corrected chi connectivity index (χ1v) is 16.0. The maximum absolute atomic E-state index is 12.1. The van der Waals surface area contributed by atoms with Crippen LogP contribution in [0.5, 0.6) is 0 Å². The number of aliphatic hydroxyl groups is 1. The number of carbonyl (C=O) groups is 1. The maximum Gasteiger partial charge on any atom is 0.303 e. The first kappa shape index (κ1) is 34.2. The lowest BCUT2D eigenvalue weighted by atomic mass is 9.89. The number of hydrogen-bond donors (Lipinski definition) is 1. The first-order valence-electron chi connectivity index (χ1n) is 16.0. The molecule has 46 heavy (non-hydrogen) atoms. The van der Waals surface area contributed by atoms with Gasteiger partial charge in [0.25, 0.3) is 0 Å². The molecule has 5 rings (SSSR count). The van der Waals surface area contributed by atoms with Crippen molar-refractivity contribution in [2.24, 2.45) is 11.8 Å². The fourth-order valence-electron chi connectivity index (χ4n) is 5.86. The third-order valence-electron chi connectivity index (χ3n) is 8.77. The zero-order chi connectivity index (χ0) is 32.5. The molecule has 3 aromatic carbocycles. The number of ether oxygens (including phenoxy) is 7. The van der Waals surface area contributed by atoms with Crippen molar-refractivity contribution < 1.29 is 43.1 Å². The predicted octanol–water partition coefficient (Wildman–Crippen LogP) is 5.43. The Morgan fingerprint density at radius 2 is 1.22 bits per heavy atom. The van der Waals surface area contributed by atoms with Crippen molar-refractivity contribution in [3.8, 4) is 0 Å². The summed E-state index contributed by atoms with van der Waals surface area (Å²) in [4.78, 5) is 12.1. The van der Waals surface area contributed by atoms with E-state index in [1.165, 1.54) is 6.92 Å². The topological polar surface area (TPSA) is 102 Å². The average molecular weight is 635 g/mol. The molecule has 2 fully saturated rings. The molecule has 2 aliphatic rings. The van der Waals surface area contributed by atoms with Gasteiger partial charge in [0.2, 0.25) is 0 Å². The highest BCUT2D eigenvalue weighted by molar-refractivity contribution is 5.66. The van der Waals surface area contributed by atoms with Gasteiger partial charge in [0.1, 0.15) is 12.2 Å². The number of esters is 1. The summed E-state index contributed by atoms with van der Waals surface area (Å²) in [6, 6.07) is 29.7. The van der Waals surface area contributed by atoms with Gasteiger partial charge in [-0.25, -0.2) is 0 Å². The molecule has 0 aliphatic carbocycles. The fraction of sp³-hybridized carbons (Fsp3) is 0.486. The predicted molar refractivity (Wildman–Crippen MR) is 170 cm³/mol. The minimum absolute atomic E-state index is 0.263. The van der Waals surface area contributed by atoms with Crippen molar-refractivity contribution >= 4 is 5.97 Å². The van der Waals surface area contributed by atoms with E-state index in [0.29, 0.717) is 13.2 Å². The van der Waals surface area contributed by atoms with Crippen LogP contribution in [0.3, 0.4) is 0 Å². The van der Waals surface area contributed by atoms with Gasteiger partial charge in [-0.1, -0.05) is 105 Å². The van der Waals surface area contributed by atoms with Gasteiger partial charge in [-0.3, -0.25) is 4.79 Å². The summed E-state index contributed by atoms with van der Waals surface area (Å²) >= 11 is 0. The van der Waals surface area contributed by atoms with Gasteiger partial charge in [-0.2, -0.15) is 0 Å². The van der Waals surface area contributed by atoms with Crippen LogP contribution in [0.1, 0.15) is 44.4 Å². The van der Waals surface area contributed by atoms with Gasteiger partial charge in [-0.15, -0.1) is 0 Å². The molecule has 0 radical (unpaired) electrons. The SMILES string of the molecule is CC(=O)OC1[C@H](O[C@@H]2C(OCc3ccccc3)[C@H](OCc3ccccc3)OC(COCc3ccccc3)[C@@H]2C)OC(C)[C@@H](C)[C@@H]1O. The van der Waals surface area contributed by atoms with Gasteiger partial charge >= 0.3 is 5.97 Å². The molecule has 2 saturated heterocycles. The molecule has 0 spiro atoms. The van der Waals surface area contributed by atoms with Crippen molar-refractivity contribution in [3.63, 3.8) is 0 Å². The molecule has 0 bridgehead atoms. The van der Waals surface area contributed by atoms with Crippen LogP contribution in [-0.2, 0) is 57.8 Å². The quantitative estimate of drug-likeness (QED) is 0.247. The summed E-state index contributed by atoms with van der Waals surface area (Å²) in [5, 5.41) is 11.1. The largest absolute Gasteiger partial charge is 0.454 e. The summed E-state index contributed by atoms with van der Waals surface area (Å²) in [5.41, 5.74) is 3.02. The third kappa shape index (κ3) is 9.01. The molecule has 3 aromatic rings. The summed E-state index contributed by atoms with van der Waals surface area (Å²) in [7, 11) is 0. The summed E-state index contributed by atoms with van der Waals surface area (Å²) < 4.78 is 44.3. The van der Waals surface area contributed by atoms with E-state index < -0.39 is 49.1 Å². The molecule has 0 amide bonds. The highest BCUT2D eigenvalue weighted by Crippen LogP contribution is 2.36. The molecule has 1 N–H and O–H groups in total. The molecule has 2 aliphatic heterocycles. The first-order chi connectivity index (χ1) is 22.3. The Balaban J connectivity index is 1.42. The number of benzene rings is 3. The van der Waals surface area contributed by atoms with E-state index in [9.17, 15) is 9.90 Å². The molecule has 248 valence electrons. The van der Waals surface area contributed by atoms with Crippen LogP contribution in [0.15, 0.2) is 91.0 Å². The highest BCUT2D eigenvalue weighted by atomic mass is 16.7. The van der Waals surface area contributed by atoms with Crippen molar-refractivity contribution in [2.75, 3.05) is 6.61 Å². The van der Waals surface area contributed by atoms with Crippen LogP contribution in [0.2, 0.25) is 0 Å². The van der Waals surface area contributed by atoms with E-state index in [4.69, 9.17) is 33.2 Å². The third-order valence-corrected chi connectivity index (χ3v) is 8.77. The molecule has 9 nitrogen and oxygen atoms in total. The van der Waals surface area contributed by atoms with Crippen molar-refractivity contribution in [1.29, 1.82) is 0 Å². The normalized spacial score (nSPS) is 31.3. The van der Waals surface area contributed by atoms with E-state index in [1.54, 1.807) is 0 Å². The van der Waals surface area contributed by atoms with Crippen LogP contribution in [0.4, 0.5) is 0 Å². The average Bonchev–Trinajstić information content (AvgIpc) is 3.07. The second-order valence-electron chi connectivity index (χ2n) is 12.2. The Hall–Kier alpha value is -3.15. The van der Waals surface area contributed by atoms with E-state index >= 15 is 0 Å². The lowest BCUT2D eigenvalue weighted by Gasteiger charge is -2.48. The maximum atomic E-state index is 12.1. The van der Waals surface area contributed by atoms with E-state index in [2.05, 4.69) is 0 Å². The zero-order valence-electron chi connectivity index (χ0n) is 27.0. The molecule has 2 heterocycles. The number of rotatable bonds is 13. The summed E-state index contributed by atoms with van der Waals surface area (Å²) in [5.74, 6) is -1.07. The summed E-state index contributed by atoms with van der Waals surface area (Å²) in [6.07, 6.45) is -5.98. The van der Waals surface area contributed by atoms with E-state index in [1.807, 2.05) is 112 Å². The standard InChI is InChI=1S/C37H46O9/c1-24-26(3)43-37(34(32(24)39)44-27(4)38)46-33-25(2)31(23-40-20-28-14-8-5-9-15-28)45-36(42-22-30-18-12-7-13-19-30)35(33)41-21-29-16-10-6-11-17-29/h5-19,24-26,31-37,39H,20-23H2,1-4H3/t24-,25+,26?,31?,32+,33+,34?,35?,36-,37+/m1/s1. The molecular formula is C37H46O9. The number of carbonyl (C=O) groups excluding carboxylic acids is 1. The second kappa shape index (κ2) is 16.6. The van der Waals surface area contributed by atoms with Crippen molar-refractivity contribution in [2.45, 2.75) is 96.7 Å². The smallest absolute Gasteiger partial charge is 0.303 e. The van der Waals surface area contributed by atoms with Crippen LogP contribution in [0.25, 0.3) is 0 Å². The van der Waals surface area contributed by atoms with Gasteiger partial charge in [0.15, 0.2) is 18.7 Å². The number of hydrogen-bond acceptors (Lipinski definition) is 9. The van der Waals surface area contributed by atoms with Crippen LogP contribution in [-0.4, -0.2) is 66.9 Å². The Morgan fingerprint density at radius 1 is 0.674 bits per heavy atom. The Morgan fingerprint density at radius 3 is 1.78 bits per heavy atom. The van der Waals surface area contributed by atoms with Crippen molar-refractivity contribution in [3.05, 3.63) is 108 Å². The molecule has 4 unspecified atom stereocenters. The Labute approximate surface area is 271 Å². The van der Waals surface area contributed by atoms with Crippen LogP contribution in [0, 0.1) is 11.8 Å². The Bertz CT molecular complexity index is 1320. The van der Waals surface area contributed by atoms with E-state index in [0.717, 1.165) is 16.7 Å². The second-order valence-corrected chi connectivity index (χ2v) is 12.2. The molecule has 9 heteroatoms. The van der Waals surface area contributed by atoms with E-state index in [-0.39, 0.29) is 31.2 Å². The molecule has 0 saturated carbocycles. The van der Waals surface area contributed by atoms with Gasteiger partial charge in [-0.05, 0) is 23.6 Å². The summed E-state index contributed by atoms with van der Waals surface area (Å²) in [6.45, 7) is 8.33. The minimum atomic E-state index is -1.04. The molecule has 10 atom stereocenters. The minimum Gasteiger partial charge on any atom is -0.454 e. The lowest BCUT2D eigenvalue weighted by Crippen LogP contribution is -2.62. The molecule has 0 aromatic heterocycles.